The molecule has 0 saturated heterocycles. The third kappa shape index (κ3) is 2.46. The van der Waals surface area contributed by atoms with Crippen molar-refractivity contribution in [1.82, 2.24) is 0 Å². The molecule has 0 spiro atoms. The molecule has 0 aromatic heterocycles. The zero-order valence-corrected chi connectivity index (χ0v) is 9.82. The molecule has 0 unspecified atom stereocenters. The first kappa shape index (κ1) is 11.6. The molecule has 90 valence electrons. The fourth-order valence-corrected chi connectivity index (χ4v) is 1.93. The number of para-hydroxylation sites is 2. The highest BCUT2D eigenvalue weighted by molar-refractivity contribution is 6.15. The summed E-state index contributed by atoms with van der Waals surface area (Å²) in [6.45, 7) is 2.04. The number of rotatable bonds is 3. The van der Waals surface area contributed by atoms with Crippen LogP contribution in [0.2, 0.25) is 0 Å². The van der Waals surface area contributed by atoms with Crippen LogP contribution in [0.25, 0.3) is 0 Å². The lowest BCUT2D eigenvalue weighted by atomic mass is 10.0. The van der Waals surface area contributed by atoms with E-state index in [1.165, 1.54) is 0 Å². The predicted octanol–water partition coefficient (Wildman–Crippen LogP) is 2.38. The molecule has 0 saturated carbocycles. The first-order valence-electron chi connectivity index (χ1n) is 5.93. The number of anilines is 2. The molecule has 17 heavy (non-hydrogen) atoms. The van der Waals surface area contributed by atoms with Crippen LogP contribution in [0.5, 0.6) is 0 Å². The van der Waals surface area contributed by atoms with Gasteiger partial charge in [0.1, 0.15) is 5.92 Å². The van der Waals surface area contributed by atoms with E-state index in [2.05, 4.69) is 10.6 Å². The Morgan fingerprint density at radius 3 is 2.06 bits per heavy atom. The van der Waals surface area contributed by atoms with Crippen molar-refractivity contribution >= 4 is 23.2 Å². The van der Waals surface area contributed by atoms with E-state index in [1.807, 2.05) is 19.1 Å². The summed E-state index contributed by atoms with van der Waals surface area (Å²) < 4.78 is 0. The number of carbonyl (C=O) groups is 2. The largest absolute Gasteiger partial charge is 0.324 e. The lowest BCUT2D eigenvalue weighted by Gasteiger charge is -2.10. The minimum absolute atomic E-state index is 0.207. The van der Waals surface area contributed by atoms with Gasteiger partial charge >= 0.3 is 0 Å². The summed E-state index contributed by atoms with van der Waals surface area (Å²) in [5, 5.41) is 5.58. The second-order valence-electron chi connectivity index (χ2n) is 4.22. The van der Waals surface area contributed by atoms with Crippen molar-refractivity contribution in [3.05, 3.63) is 24.3 Å². The van der Waals surface area contributed by atoms with Crippen molar-refractivity contribution in [2.75, 3.05) is 10.6 Å². The van der Waals surface area contributed by atoms with Crippen LogP contribution in [-0.2, 0) is 9.59 Å². The van der Waals surface area contributed by atoms with Gasteiger partial charge in [0.2, 0.25) is 11.8 Å². The molecule has 1 aliphatic rings. The van der Waals surface area contributed by atoms with Crippen LogP contribution < -0.4 is 10.6 Å². The molecule has 2 amide bonds. The standard InChI is InChI=1S/C13H16N2O2/c1-2-3-6-9-12(16)14-10-7-4-5-8-11(10)15-13(9)17/h4-5,7-9H,2-3,6H2,1H3,(H,14,16)(H,15,17). The number of unbranched alkanes of at least 4 members (excludes halogenated alkanes) is 1. The van der Waals surface area contributed by atoms with Crippen LogP contribution in [0.15, 0.2) is 24.3 Å². The minimum atomic E-state index is -0.581. The summed E-state index contributed by atoms with van der Waals surface area (Å²) in [5.74, 6) is -0.996. The van der Waals surface area contributed by atoms with Crippen LogP contribution in [0.3, 0.4) is 0 Å². The van der Waals surface area contributed by atoms with Crippen LogP contribution in [0.4, 0.5) is 11.4 Å². The SMILES string of the molecule is CCCCC1C(=O)Nc2ccccc2NC1=O. The maximum Gasteiger partial charge on any atom is 0.237 e. The summed E-state index contributed by atoms with van der Waals surface area (Å²) in [7, 11) is 0. The predicted molar refractivity (Wildman–Crippen MR) is 66.7 cm³/mol. The molecule has 4 nitrogen and oxygen atoms in total. The zero-order chi connectivity index (χ0) is 12.3. The van der Waals surface area contributed by atoms with E-state index < -0.39 is 5.92 Å². The Morgan fingerprint density at radius 1 is 1.06 bits per heavy atom. The maximum absolute atomic E-state index is 11.9. The monoisotopic (exact) mass is 232 g/mol. The molecule has 0 atom stereocenters. The van der Waals surface area contributed by atoms with E-state index >= 15 is 0 Å². The van der Waals surface area contributed by atoms with Crippen molar-refractivity contribution in [2.45, 2.75) is 26.2 Å². The molecular formula is C13H16N2O2. The van der Waals surface area contributed by atoms with E-state index in [9.17, 15) is 9.59 Å². The second kappa shape index (κ2) is 4.99. The lowest BCUT2D eigenvalue weighted by Crippen LogP contribution is -2.30. The number of fused-ring (bicyclic) bond motifs is 1. The molecule has 0 radical (unpaired) electrons. The summed E-state index contributed by atoms with van der Waals surface area (Å²) in [5.41, 5.74) is 1.34. The quantitative estimate of drug-likeness (QED) is 0.786. The number of hydrogen-bond donors (Lipinski definition) is 2. The van der Waals surface area contributed by atoms with Gasteiger partial charge < -0.3 is 10.6 Å². The third-order valence-electron chi connectivity index (χ3n) is 2.92. The summed E-state index contributed by atoms with van der Waals surface area (Å²) in [6, 6.07) is 7.24. The van der Waals surface area contributed by atoms with Gasteiger partial charge in [0.25, 0.3) is 0 Å². The lowest BCUT2D eigenvalue weighted by molar-refractivity contribution is -0.129. The Kier molecular flexibility index (Phi) is 3.42. The number of hydrogen-bond acceptors (Lipinski definition) is 2. The minimum Gasteiger partial charge on any atom is -0.324 e. The molecule has 2 rings (SSSR count). The molecule has 0 aliphatic carbocycles. The van der Waals surface area contributed by atoms with Gasteiger partial charge in [0.15, 0.2) is 0 Å². The van der Waals surface area contributed by atoms with Crippen molar-refractivity contribution in [3.8, 4) is 0 Å². The van der Waals surface area contributed by atoms with Crippen molar-refractivity contribution in [1.29, 1.82) is 0 Å². The topological polar surface area (TPSA) is 58.2 Å². The fraction of sp³-hybridized carbons (Fsp3) is 0.385. The third-order valence-corrected chi connectivity index (χ3v) is 2.92. The van der Waals surface area contributed by atoms with Crippen LogP contribution in [0, 0.1) is 5.92 Å². The Balaban J connectivity index is 2.22. The molecule has 1 aromatic rings. The van der Waals surface area contributed by atoms with E-state index in [1.54, 1.807) is 12.1 Å². The fourth-order valence-electron chi connectivity index (χ4n) is 1.93. The van der Waals surface area contributed by atoms with Crippen LogP contribution >= 0.6 is 0 Å². The Labute approximate surface area is 100 Å². The Hall–Kier alpha value is -1.84. The van der Waals surface area contributed by atoms with Crippen LogP contribution in [-0.4, -0.2) is 11.8 Å². The average molecular weight is 232 g/mol. The highest BCUT2D eigenvalue weighted by atomic mass is 16.2. The summed E-state index contributed by atoms with van der Waals surface area (Å²) >= 11 is 0. The van der Waals surface area contributed by atoms with E-state index in [0.717, 1.165) is 12.8 Å². The molecular weight excluding hydrogens is 216 g/mol. The van der Waals surface area contributed by atoms with Gasteiger partial charge in [-0.3, -0.25) is 9.59 Å². The average Bonchev–Trinajstić information content (AvgIpc) is 2.43. The van der Waals surface area contributed by atoms with Gasteiger partial charge in [0, 0.05) is 0 Å². The number of benzene rings is 1. The number of carbonyl (C=O) groups excluding carboxylic acids is 2. The van der Waals surface area contributed by atoms with Crippen molar-refractivity contribution in [2.24, 2.45) is 5.92 Å². The van der Waals surface area contributed by atoms with E-state index in [-0.39, 0.29) is 11.8 Å². The van der Waals surface area contributed by atoms with Gasteiger partial charge in [-0.1, -0.05) is 31.9 Å². The summed E-state index contributed by atoms with van der Waals surface area (Å²) in [6.07, 6.45) is 2.45. The Morgan fingerprint density at radius 2 is 1.59 bits per heavy atom. The zero-order valence-electron chi connectivity index (χ0n) is 9.82. The summed E-state index contributed by atoms with van der Waals surface area (Å²) in [4.78, 5) is 23.8. The second-order valence-corrected chi connectivity index (χ2v) is 4.22. The molecule has 2 N–H and O–H groups in total. The molecule has 1 aliphatic heterocycles. The number of nitrogens with one attached hydrogen (secondary N) is 2. The molecule has 4 heteroatoms. The molecule has 1 heterocycles. The highest BCUT2D eigenvalue weighted by Gasteiger charge is 2.29. The van der Waals surface area contributed by atoms with Crippen LogP contribution in [0.1, 0.15) is 26.2 Å². The van der Waals surface area contributed by atoms with E-state index in [4.69, 9.17) is 0 Å². The van der Waals surface area contributed by atoms with E-state index in [0.29, 0.717) is 17.8 Å². The normalized spacial score (nSPS) is 15.8. The molecule has 0 fully saturated rings. The first-order valence-corrected chi connectivity index (χ1v) is 5.93. The van der Waals surface area contributed by atoms with Crippen molar-refractivity contribution in [3.63, 3.8) is 0 Å². The highest BCUT2D eigenvalue weighted by Crippen LogP contribution is 2.26. The maximum atomic E-state index is 11.9. The first-order chi connectivity index (χ1) is 8.22. The van der Waals surface area contributed by atoms with Gasteiger partial charge in [0.05, 0.1) is 11.4 Å². The molecule has 0 bridgehead atoms. The molecule has 1 aromatic carbocycles. The smallest absolute Gasteiger partial charge is 0.237 e. The van der Waals surface area contributed by atoms with Crippen molar-refractivity contribution < 1.29 is 9.59 Å². The Bertz CT molecular complexity index is 406. The van der Waals surface area contributed by atoms with Gasteiger partial charge in [-0.15, -0.1) is 0 Å². The number of amides is 2. The van der Waals surface area contributed by atoms with Gasteiger partial charge in [-0.2, -0.15) is 0 Å². The van der Waals surface area contributed by atoms with Gasteiger partial charge in [-0.05, 0) is 18.6 Å². The van der Waals surface area contributed by atoms with Gasteiger partial charge in [-0.25, -0.2) is 0 Å².